The first kappa shape index (κ1) is 11.4. The maximum absolute atomic E-state index is 11.9. The maximum atomic E-state index is 11.9. The topological polar surface area (TPSA) is 46.1 Å². The van der Waals surface area contributed by atoms with Crippen molar-refractivity contribution in [2.45, 2.75) is 13.8 Å². The third-order valence-corrected chi connectivity index (χ3v) is 1.91. The smallest absolute Gasteiger partial charge is 0.274 e. The molecule has 4 heteroatoms. The zero-order valence-corrected chi connectivity index (χ0v) is 9.10. The molecule has 0 spiro atoms. The highest BCUT2D eigenvalue weighted by molar-refractivity contribution is 5.92. The van der Waals surface area contributed by atoms with Gasteiger partial charge in [-0.1, -0.05) is 12.2 Å². The van der Waals surface area contributed by atoms with Crippen LogP contribution < -0.4 is 0 Å². The molecule has 0 saturated carbocycles. The van der Waals surface area contributed by atoms with Crippen molar-refractivity contribution in [2.24, 2.45) is 0 Å². The second kappa shape index (κ2) is 5.24. The number of carbonyl (C=O) groups is 1. The van der Waals surface area contributed by atoms with Crippen molar-refractivity contribution < 1.29 is 4.79 Å². The van der Waals surface area contributed by atoms with Crippen molar-refractivity contribution in [3.63, 3.8) is 0 Å². The standard InChI is InChI=1S/C11H15N3O/c1-4-14(8-9(2)3)11(15)10-7-12-5-6-13-10/h5-7H,2,4,8H2,1,3H3. The number of nitrogens with zero attached hydrogens (tertiary/aromatic N) is 3. The van der Waals surface area contributed by atoms with Crippen molar-refractivity contribution in [3.8, 4) is 0 Å². The summed E-state index contributed by atoms with van der Waals surface area (Å²) < 4.78 is 0. The third-order valence-electron chi connectivity index (χ3n) is 1.91. The molecule has 80 valence electrons. The maximum Gasteiger partial charge on any atom is 0.274 e. The molecule has 1 aromatic heterocycles. The predicted octanol–water partition coefficient (Wildman–Crippen LogP) is 1.51. The normalized spacial score (nSPS) is 9.73. The highest BCUT2D eigenvalue weighted by Crippen LogP contribution is 2.02. The average Bonchev–Trinajstić information content (AvgIpc) is 2.26. The van der Waals surface area contributed by atoms with Gasteiger partial charge in [0.15, 0.2) is 0 Å². The Morgan fingerprint density at radius 2 is 2.27 bits per heavy atom. The van der Waals surface area contributed by atoms with E-state index >= 15 is 0 Å². The van der Waals surface area contributed by atoms with E-state index in [1.165, 1.54) is 12.4 Å². The Bertz CT molecular complexity index is 348. The quantitative estimate of drug-likeness (QED) is 0.700. The summed E-state index contributed by atoms with van der Waals surface area (Å²) in [6.45, 7) is 8.81. The minimum Gasteiger partial charge on any atom is -0.334 e. The van der Waals surface area contributed by atoms with Gasteiger partial charge < -0.3 is 4.90 Å². The molecular formula is C11H15N3O. The molecule has 4 nitrogen and oxygen atoms in total. The van der Waals surface area contributed by atoms with Gasteiger partial charge in [0, 0.05) is 25.5 Å². The van der Waals surface area contributed by atoms with Gasteiger partial charge in [-0.3, -0.25) is 9.78 Å². The number of hydrogen-bond donors (Lipinski definition) is 0. The van der Waals surface area contributed by atoms with Gasteiger partial charge in [0.1, 0.15) is 5.69 Å². The lowest BCUT2D eigenvalue weighted by atomic mass is 10.3. The minimum absolute atomic E-state index is 0.103. The second-order valence-electron chi connectivity index (χ2n) is 3.37. The molecular weight excluding hydrogens is 190 g/mol. The van der Waals surface area contributed by atoms with Crippen LogP contribution in [0.2, 0.25) is 0 Å². The van der Waals surface area contributed by atoms with Crippen molar-refractivity contribution in [3.05, 3.63) is 36.4 Å². The summed E-state index contributed by atoms with van der Waals surface area (Å²) in [7, 11) is 0. The summed E-state index contributed by atoms with van der Waals surface area (Å²) in [6.07, 6.45) is 4.54. The minimum atomic E-state index is -0.103. The van der Waals surface area contributed by atoms with Crippen LogP contribution in [0.5, 0.6) is 0 Å². The molecule has 0 fully saturated rings. The van der Waals surface area contributed by atoms with Gasteiger partial charge in [-0.05, 0) is 13.8 Å². The van der Waals surface area contributed by atoms with Crippen LogP contribution in [-0.4, -0.2) is 33.9 Å². The molecule has 1 heterocycles. The molecule has 0 N–H and O–H groups in total. The predicted molar refractivity (Wildman–Crippen MR) is 58.4 cm³/mol. The number of aromatic nitrogens is 2. The first-order valence-corrected chi connectivity index (χ1v) is 4.84. The molecule has 0 bridgehead atoms. The van der Waals surface area contributed by atoms with Crippen LogP contribution in [-0.2, 0) is 0 Å². The number of hydrogen-bond acceptors (Lipinski definition) is 3. The third kappa shape index (κ3) is 3.16. The summed E-state index contributed by atoms with van der Waals surface area (Å²) in [5.74, 6) is -0.103. The Morgan fingerprint density at radius 3 is 2.73 bits per heavy atom. The Morgan fingerprint density at radius 1 is 1.53 bits per heavy atom. The van der Waals surface area contributed by atoms with Crippen molar-refractivity contribution in [1.82, 2.24) is 14.9 Å². The van der Waals surface area contributed by atoms with Crippen molar-refractivity contribution in [1.29, 1.82) is 0 Å². The molecule has 1 amide bonds. The van der Waals surface area contributed by atoms with Gasteiger partial charge in [0.25, 0.3) is 5.91 Å². The van der Waals surface area contributed by atoms with E-state index in [0.29, 0.717) is 18.8 Å². The van der Waals surface area contributed by atoms with Gasteiger partial charge in [0.2, 0.25) is 0 Å². The highest BCUT2D eigenvalue weighted by Gasteiger charge is 2.14. The lowest BCUT2D eigenvalue weighted by molar-refractivity contribution is 0.0772. The Balaban J connectivity index is 2.78. The molecule has 1 aromatic rings. The van der Waals surface area contributed by atoms with Crippen LogP contribution in [0.25, 0.3) is 0 Å². The Labute approximate surface area is 89.7 Å². The Hall–Kier alpha value is -1.71. The van der Waals surface area contributed by atoms with Gasteiger partial charge in [-0.15, -0.1) is 0 Å². The molecule has 0 radical (unpaired) electrons. The molecule has 0 unspecified atom stereocenters. The summed E-state index contributed by atoms with van der Waals surface area (Å²) in [4.78, 5) is 21.4. The van der Waals surface area contributed by atoms with Crippen LogP contribution in [0.1, 0.15) is 24.3 Å². The van der Waals surface area contributed by atoms with Crippen molar-refractivity contribution >= 4 is 5.91 Å². The fourth-order valence-electron chi connectivity index (χ4n) is 1.22. The van der Waals surface area contributed by atoms with Crippen LogP contribution >= 0.6 is 0 Å². The number of likely N-dealkylation sites (N-methyl/N-ethyl adjacent to an activating group) is 1. The first-order chi connectivity index (χ1) is 7.15. The zero-order valence-electron chi connectivity index (χ0n) is 9.10. The molecule has 0 atom stereocenters. The monoisotopic (exact) mass is 205 g/mol. The lowest BCUT2D eigenvalue weighted by Gasteiger charge is -2.20. The van der Waals surface area contributed by atoms with E-state index in [4.69, 9.17) is 0 Å². The van der Waals surface area contributed by atoms with Crippen LogP contribution in [0, 0.1) is 0 Å². The number of rotatable bonds is 4. The van der Waals surface area contributed by atoms with Gasteiger partial charge >= 0.3 is 0 Å². The number of carbonyl (C=O) groups excluding carboxylic acids is 1. The van der Waals surface area contributed by atoms with Crippen LogP contribution in [0.4, 0.5) is 0 Å². The first-order valence-electron chi connectivity index (χ1n) is 4.84. The zero-order chi connectivity index (χ0) is 11.3. The van der Waals surface area contributed by atoms with E-state index in [1.54, 1.807) is 11.1 Å². The molecule has 15 heavy (non-hydrogen) atoms. The largest absolute Gasteiger partial charge is 0.334 e. The average molecular weight is 205 g/mol. The SMILES string of the molecule is C=C(C)CN(CC)C(=O)c1cnccn1. The second-order valence-corrected chi connectivity index (χ2v) is 3.37. The van der Waals surface area contributed by atoms with E-state index in [2.05, 4.69) is 16.5 Å². The van der Waals surface area contributed by atoms with Gasteiger partial charge in [0.05, 0.1) is 6.20 Å². The van der Waals surface area contributed by atoms with Crippen LogP contribution in [0.15, 0.2) is 30.7 Å². The summed E-state index contributed by atoms with van der Waals surface area (Å²) in [5.41, 5.74) is 1.33. The van der Waals surface area contributed by atoms with Crippen LogP contribution in [0.3, 0.4) is 0 Å². The fraction of sp³-hybridized carbons (Fsp3) is 0.364. The van der Waals surface area contributed by atoms with E-state index in [0.717, 1.165) is 5.57 Å². The molecule has 0 aliphatic rings. The Kier molecular flexibility index (Phi) is 3.97. The molecule has 0 aliphatic carbocycles. The highest BCUT2D eigenvalue weighted by atomic mass is 16.2. The van der Waals surface area contributed by atoms with Crippen molar-refractivity contribution in [2.75, 3.05) is 13.1 Å². The molecule has 0 aromatic carbocycles. The fourth-order valence-corrected chi connectivity index (χ4v) is 1.22. The lowest BCUT2D eigenvalue weighted by Crippen LogP contribution is -2.32. The van der Waals surface area contributed by atoms with Gasteiger partial charge in [-0.25, -0.2) is 4.98 Å². The molecule has 0 aliphatic heterocycles. The summed E-state index contributed by atoms with van der Waals surface area (Å²) >= 11 is 0. The van der Waals surface area contributed by atoms with Gasteiger partial charge in [-0.2, -0.15) is 0 Å². The molecule has 1 rings (SSSR count). The summed E-state index contributed by atoms with van der Waals surface area (Å²) in [5, 5.41) is 0. The molecule has 0 saturated heterocycles. The van der Waals surface area contributed by atoms with E-state index < -0.39 is 0 Å². The number of amides is 1. The van der Waals surface area contributed by atoms with E-state index in [9.17, 15) is 4.79 Å². The van der Waals surface area contributed by atoms with E-state index in [-0.39, 0.29) is 5.91 Å². The summed E-state index contributed by atoms with van der Waals surface area (Å²) in [6, 6.07) is 0. The van der Waals surface area contributed by atoms with E-state index in [1.807, 2.05) is 13.8 Å².